The summed E-state index contributed by atoms with van der Waals surface area (Å²) >= 11 is 0. The summed E-state index contributed by atoms with van der Waals surface area (Å²) in [5, 5.41) is 19.7. The summed E-state index contributed by atoms with van der Waals surface area (Å²) in [7, 11) is 0. The minimum atomic E-state index is 0.549. The zero-order chi connectivity index (χ0) is 24.9. The fourth-order valence-corrected chi connectivity index (χ4v) is 5.36. The topological polar surface area (TPSA) is 90.1 Å². The highest BCUT2D eigenvalue weighted by molar-refractivity contribution is 5.57. The van der Waals surface area contributed by atoms with E-state index < -0.39 is 0 Å². The molecule has 190 valence electrons. The lowest BCUT2D eigenvalue weighted by molar-refractivity contribution is 0.433. The first-order valence-electron chi connectivity index (χ1n) is 13.6. The molecule has 0 radical (unpaired) electrons. The third-order valence-corrected chi connectivity index (χ3v) is 7.19. The molecule has 0 spiro atoms. The van der Waals surface area contributed by atoms with E-state index in [1.54, 1.807) is 0 Å². The van der Waals surface area contributed by atoms with Crippen LogP contribution in [0.4, 0.5) is 0 Å². The van der Waals surface area contributed by atoms with Gasteiger partial charge in [0.05, 0.1) is 12.2 Å². The van der Waals surface area contributed by atoms with Crippen molar-refractivity contribution in [3.8, 4) is 17.2 Å². The predicted molar refractivity (Wildman–Crippen MR) is 141 cm³/mol. The highest BCUT2D eigenvalue weighted by Gasteiger charge is 2.23. The molecule has 0 saturated heterocycles. The summed E-state index contributed by atoms with van der Waals surface area (Å²) in [4.78, 5) is 4.87. The fourth-order valence-electron chi connectivity index (χ4n) is 5.36. The van der Waals surface area contributed by atoms with Crippen molar-refractivity contribution in [2.45, 2.75) is 91.0 Å². The molecule has 0 atom stereocenters. The lowest BCUT2D eigenvalue weighted by Gasteiger charge is -2.24. The Morgan fingerprint density at radius 3 is 2.53 bits per heavy atom. The highest BCUT2D eigenvalue weighted by Crippen LogP contribution is 2.37. The van der Waals surface area contributed by atoms with Crippen LogP contribution in [0, 0.1) is 5.92 Å². The van der Waals surface area contributed by atoms with Gasteiger partial charge in [0, 0.05) is 24.2 Å². The van der Waals surface area contributed by atoms with Crippen molar-refractivity contribution in [3.63, 3.8) is 0 Å². The number of aromatic nitrogens is 8. The number of benzene rings is 1. The maximum Gasteiger partial charge on any atom is 0.196 e. The van der Waals surface area contributed by atoms with Crippen LogP contribution in [-0.4, -0.2) is 40.0 Å². The van der Waals surface area contributed by atoms with Gasteiger partial charge < -0.3 is 4.57 Å². The Morgan fingerprint density at radius 1 is 1.03 bits per heavy atom. The van der Waals surface area contributed by atoms with Crippen molar-refractivity contribution >= 4 is 0 Å². The third kappa shape index (κ3) is 5.42. The van der Waals surface area contributed by atoms with Crippen LogP contribution in [0.2, 0.25) is 0 Å². The molecule has 0 bridgehead atoms. The van der Waals surface area contributed by atoms with Crippen LogP contribution in [-0.2, 0) is 19.4 Å². The molecule has 0 unspecified atom stereocenters. The van der Waals surface area contributed by atoms with Gasteiger partial charge in [0.1, 0.15) is 5.82 Å². The first kappa shape index (κ1) is 24.4. The maximum atomic E-state index is 4.87. The molecule has 1 fully saturated rings. The van der Waals surface area contributed by atoms with Gasteiger partial charge in [0.25, 0.3) is 0 Å². The molecule has 1 saturated carbocycles. The zero-order valence-corrected chi connectivity index (χ0v) is 21.8. The van der Waals surface area contributed by atoms with Gasteiger partial charge in [-0.05, 0) is 71.4 Å². The van der Waals surface area contributed by atoms with E-state index in [0.29, 0.717) is 17.7 Å². The fraction of sp³-hybridized carbons (Fsp3) is 0.536. The Morgan fingerprint density at radius 2 is 1.83 bits per heavy atom. The molecule has 1 aromatic carbocycles. The van der Waals surface area contributed by atoms with E-state index in [4.69, 9.17) is 10.1 Å². The second-order valence-corrected chi connectivity index (χ2v) is 10.5. The number of aryl methyl sites for hydroxylation is 1. The lowest BCUT2D eigenvalue weighted by Crippen LogP contribution is -2.11. The van der Waals surface area contributed by atoms with E-state index >= 15 is 0 Å². The Balaban J connectivity index is 1.43. The van der Waals surface area contributed by atoms with Gasteiger partial charge in [-0.15, -0.1) is 5.10 Å². The number of hydrogen-bond donors (Lipinski definition) is 1. The largest absolute Gasteiger partial charge is 0.310 e. The van der Waals surface area contributed by atoms with E-state index in [0.717, 1.165) is 55.3 Å². The monoisotopic (exact) mass is 486 g/mol. The van der Waals surface area contributed by atoms with Crippen LogP contribution in [0.3, 0.4) is 0 Å². The number of aromatic amines is 1. The first-order valence-corrected chi connectivity index (χ1v) is 13.6. The summed E-state index contributed by atoms with van der Waals surface area (Å²) in [5.41, 5.74) is 4.72. The van der Waals surface area contributed by atoms with Gasteiger partial charge >= 0.3 is 0 Å². The standard InChI is InChI=1S/C28H38N8/c1-4-5-11-27-29-26(18-20(2)3)32-35(27)19-21-12-14-23(15-13-21)36-24(22-9-7-6-8-10-22)16-17-25(36)28-30-33-34-31-28/h12-17,20,22H,4-11,18-19H2,1-3H3,(H,30,31,33,34). The minimum Gasteiger partial charge on any atom is -0.310 e. The summed E-state index contributed by atoms with van der Waals surface area (Å²) in [6.07, 6.45) is 10.6. The van der Waals surface area contributed by atoms with Gasteiger partial charge in [-0.1, -0.05) is 58.6 Å². The molecule has 0 aliphatic heterocycles. The molecule has 3 heterocycles. The molecule has 36 heavy (non-hydrogen) atoms. The smallest absolute Gasteiger partial charge is 0.196 e. The SMILES string of the molecule is CCCCc1nc(CC(C)C)nn1Cc1ccc(-n2c(-c3nnn[nH]3)ccc2C2CCCCC2)cc1. The number of unbranched alkanes of at least 4 members (excludes halogenated alkanes) is 1. The van der Waals surface area contributed by atoms with Crippen LogP contribution < -0.4 is 0 Å². The minimum absolute atomic E-state index is 0.549. The van der Waals surface area contributed by atoms with Crippen LogP contribution in [0.5, 0.6) is 0 Å². The first-order chi connectivity index (χ1) is 17.6. The van der Waals surface area contributed by atoms with Crippen LogP contribution >= 0.6 is 0 Å². The van der Waals surface area contributed by atoms with E-state index in [-0.39, 0.29) is 0 Å². The Kier molecular flexibility index (Phi) is 7.58. The van der Waals surface area contributed by atoms with Crippen molar-refractivity contribution in [1.29, 1.82) is 0 Å². The molecule has 1 N–H and O–H groups in total. The normalized spacial score (nSPS) is 14.7. The van der Waals surface area contributed by atoms with E-state index in [9.17, 15) is 0 Å². The van der Waals surface area contributed by atoms with Gasteiger partial charge in [0.15, 0.2) is 11.6 Å². The summed E-state index contributed by atoms with van der Waals surface area (Å²) in [6, 6.07) is 13.3. The molecule has 0 amide bonds. The van der Waals surface area contributed by atoms with Gasteiger partial charge in [-0.2, -0.15) is 5.10 Å². The number of rotatable bonds is 10. The molecule has 5 rings (SSSR count). The van der Waals surface area contributed by atoms with Crippen LogP contribution in [0.25, 0.3) is 17.2 Å². The van der Waals surface area contributed by atoms with Crippen LogP contribution in [0.15, 0.2) is 36.4 Å². The summed E-state index contributed by atoms with van der Waals surface area (Å²) in [5.74, 6) is 3.87. The number of nitrogens with zero attached hydrogens (tertiary/aromatic N) is 7. The number of H-pyrrole nitrogens is 1. The van der Waals surface area contributed by atoms with Gasteiger partial charge in [-0.3, -0.25) is 0 Å². The van der Waals surface area contributed by atoms with Crippen molar-refractivity contribution in [1.82, 2.24) is 40.0 Å². The zero-order valence-electron chi connectivity index (χ0n) is 21.8. The molecule has 3 aromatic heterocycles. The molecule has 8 heteroatoms. The van der Waals surface area contributed by atoms with Gasteiger partial charge in [-0.25, -0.2) is 14.8 Å². The van der Waals surface area contributed by atoms with Crippen molar-refractivity contribution < 1.29 is 0 Å². The Labute approximate surface area is 213 Å². The maximum absolute atomic E-state index is 4.87. The second-order valence-electron chi connectivity index (χ2n) is 10.5. The molecule has 4 aromatic rings. The number of nitrogens with one attached hydrogen (secondary N) is 1. The van der Waals surface area contributed by atoms with Crippen LogP contribution in [0.1, 0.15) is 94.5 Å². The van der Waals surface area contributed by atoms with E-state index in [1.165, 1.54) is 43.4 Å². The molecule has 8 nitrogen and oxygen atoms in total. The van der Waals surface area contributed by atoms with Crippen molar-refractivity contribution in [3.05, 3.63) is 59.3 Å². The molecule has 1 aliphatic carbocycles. The second kappa shape index (κ2) is 11.2. The number of tetrazole rings is 1. The number of hydrogen-bond acceptors (Lipinski definition) is 5. The van der Waals surface area contributed by atoms with Gasteiger partial charge in [0.2, 0.25) is 0 Å². The quantitative estimate of drug-likeness (QED) is 0.302. The average molecular weight is 487 g/mol. The highest BCUT2D eigenvalue weighted by atomic mass is 15.5. The predicted octanol–water partition coefficient (Wildman–Crippen LogP) is 5.89. The van der Waals surface area contributed by atoms with Crippen molar-refractivity contribution in [2.24, 2.45) is 5.92 Å². The summed E-state index contributed by atoms with van der Waals surface area (Å²) < 4.78 is 4.45. The summed E-state index contributed by atoms with van der Waals surface area (Å²) in [6.45, 7) is 7.40. The van der Waals surface area contributed by atoms with E-state index in [1.807, 2.05) is 0 Å². The average Bonchev–Trinajstić information content (AvgIpc) is 3.63. The molecule has 1 aliphatic rings. The molecular weight excluding hydrogens is 448 g/mol. The Bertz CT molecular complexity index is 1230. The third-order valence-electron chi connectivity index (χ3n) is 7.19. The lowest BCUT2D eigenvalue weighted by atomic mass is 9.87. The molecular formula is C28H38N8. The van der Waals surface area contributed by atoms with Crippen molar-refractivity contribution in [2.75, 3.05) is 0 Å². The Hall–Kier alpha value is -3.29. The van der Waals surface area contributed by atoms with E-state index in [2.05, 4.69) is 87.0 Å².